The summed E-state index contributed by atoms with van der Waals surface area (Å²) >= 11 is 12.4. The number of nitrogens with zero attached hydrogens (tertiary/aromatic N) is 3. The Hall–Kier alpha value is -4.66. The molecule has 0 saturated carbocycles. The number of aromatic nitrogens is 3. The number of halogens is 2. The molecule has 0 unspecified atom stereocenters. The lowest BCUT2D eigenvalue weighted by atomic mass is 10.0. The summed E-state index contributed by atoms with van der Waals surface area (Å²) in [5.74, 6) is -1.04. The minimum Gasteiger partial charge on any atom is -0.619 e. The molecule has 0 aliphatic rings. The zero-order valence-corrected chi connectivity index (χ0v) is 22.5. The molecular formula is C30H23Cl2N5O3. The van der Waals surface area contributed by atoms with Crippen molar-refractivity contribution in [1.82, 2.24) is 15.1 Å². The molecule has 5 rings (SSSR count). The second-order valence-electron chi connectivity index (χ2n) is 9.07. The number of nitrogens with one attached hydrogen (secondary N) is 1. The van der Waals surface area contributed by atoms with Gasteiger partial charge in [0.05, 0.1) is 32.7 Å². The van der Waals surface area contributed by atoms with Crippen molar-refractivity contribution in [2.75, 3.05) is 0 Å². The maximum atomic E-state index is 13.0. The van der Waals surface area contributed by atoms with E-state index in [1.165, 1.54) is 12.4 Å². The fourth-order valence-corrected chi connectivity index (χ4v) is 4.55. The highest BCUT2D eigenvalue weighted by Crippen LogP contribution is 2.31. The molecule has 0 aliphatic heterocycles. The lowest BCUT2D eigenvalue weighted by molar-refractivity contribution is -0.604. The number of nitrogens with two attached hydrogens (primary N) is 1. The van der Waals surface area contributed by atoms with Gasteiger partial charge in [0.1, 0.15) is 6.04 Å². The standard InChI is InChI=1S/C30H23Cl2N5O3/c31-24-13-12-23(16-25(24)32)37-28(17-26(35-37)22-7-4-14-36(40)18-22)20-8-10-21(11-9-20)30(39)34-27(29(33)38)15-19-5-2-1-3-6-19/h1-14,16-18,27H,15H2,(H2,33,38)(H,34,39)/t27-/m0/s1. The largest absolute Gasteiger partial charge is 0.619 e. The number of primary amides is 1. The van der Waals surface area contributed by atoms with E-state index in [1.54, 1.807) is 59.3 Å². The van der Waals surface area contributed by atoms with Gasteiger partial charge in [-0.15, -0.1) is 0 Å². The summed E-state index contributed by atoms with van der Waals surface area (Å²) in [6.45, 7) is 0. The zero-order valence-electron chi connectivity index (χ0n) is 21.0. The van der Waals surface area contributed by atoms with Crippen LogP contribution in [0.1, 0.15) is 15.9 Å². The van der Waals surface area contributed by atoms with Gasteiger partial charge in [0.15, 0.2) is 12.4 Å². The Balaban J connectivity index is 1.45. The molecule has 10 heteroatoms. The van der Waals surface area contributed by atoms with Gasteiger partial charge in [0.2, 0.25) is 5.91 Å². The molecule has 2 aromatic heterocycles. The van der Waals surface area contributed by atoms with Crippen LogP contribution in [0.2, 0.25) is 10.0 Å². The van der Waals surface area contributed by atoms with Crippen LogP contribution in [-0.4, -0.2) is 27.6 Å². The first kappa shape index (κ1) is 26.9. The number of hydrogen-bond acceptors (Lipinski definition) is 4. The van der Waals surface area contributed by atoms with E-state index in [2.05, 4.69) is 5.32 Å². The van der Waals surface area contributed by atoms with Crippen molar-refractivity contribution < 1.29 is 14.3 Å². The molecule has 0 spiro atoms. The van der Waals surface area contributed by atoms with Crippen LogP contribution in [0.3, 0.4) is 0 Å². The smallest absolute Gasteiger partial charge is 0.251 e. The predicted molar refractivity (Wildman–Crippen MR) is 154 cm³/mol. The maximum Gasteiger partial charge on any atom is 0.251 e. The van der Waals surface area contributed by atoms with Crippen LogP contribution in [-0.2, 0) is 11.2 Å². The van der Waals surface area contributed by atoms with Gasteiger partial charge >= 0.3 is 0 Å². The topological polar surface area (TPSA) is 117 Å². The number of amides is 2. The fraction of sp³-hybridized carbons (Fsp3) is 0.0667. The zero-order chi connectivity index (χ0) is 28.2. The first-order valence-electron chi connectivity index (χ1n) is 12.3. The van der Waals surface area contributed by atoms with Crippen molar-refractivity contribution in [2.24, 2.45) is 5.73 Å². The molecule has 8 nitrogen and oxygen atoms in total. The molecule has 0 radical (unpaired) electrons. The van der Waals surface area contributed by atoms with Crippen LogP contribution in [0.4, 0.5) is 0 Å². The summed E-state index contributed by atoms with van der Waals surface area (Å²) in [6.07, 6.45) is 3.12. The Morgan fingerprint density at radius 3 is 2.35 bits per heavy atom. The van der Waals surface area contributed by atoms with Crippen LogP contribution in [0.15, 0.2) is 103 Å². The molecule has 0 bridgehead atoms. The van der Waals surface area contributed by atoms with Crippen molar-refractivity contribution in [3.8, 4) is 28.2 Å². The van der Waals surface area contributed by atoms with Crippen molar-refractivity contribution in [1.29, 1.82) is 0 Å². The Morgan fingerprint density at radius 2 is 1.68 bits per heavy atom. The van der Waals surface area contributed by atoms with E-state index in [0.29, 0.717) is 43.0 Å². The van der Waals surface area contributed by atoms with Gasteiger partial charge in [-0.05, 0) is 48.0 Å². The summed E-state index contributed by atoms with van der Waals surface area (Å²) in [5.41, 5.74) is 10.1. The lowest BCUT2D eigenvalue weighted by Gasteiger charge is -2.16. The Bertz CT molecular complexity index is 1690. The van der Waals surface area contributed by atoms with Crippen LogP contribution in [0.5, 0.6) is 0 Å². The van der Waals surface area contributed by atoms with Crippen molar-refractivity contribution >= 4 is 35.0 Å². The number of hydrogen-bond donors (Lipinski definition) is 2. The van der Waals surface area contributed by atoms with E-state index < -0.39 is 17.9 Å². The molecular weight excluding hydrogens is 549 g/mol. The normalized spacial score (nSPS) is 11.7. The fourth-order valence-electron chi connectivity index (χ4n) is 4.25. The lowest BCUT2D eigenvalue weighted by Crippen LogP contribution is -2.45. The number of carbonyl (C=O) groups is 2. The van der Waals surface area contributed by atoms with Gasteiger partial charge in [-0.2, -0.15) is 9.83 Å². The summed E-state index contributed by atoms with van der Waals surface area (Å²) in [4.78, 5) is 25.0. The van der Waals surface area contributed by atoms with Gasteiger partial charge < -0.3 is 16.3 Å². The molecule has 2 heterocycles. The summed E-state index contributed by atoms with van der Waals surface area (Å²) in [6, 6.07) is 25.8. The first-order valence-corrected chi connectivity index (χ1v) is 13.0. The molecule has 40 heavy (non-hydrogen) atoms. The summed E-state index contributed by atoms with van der Waals surface area (Å²) in [5, 5.41) is 20.1. The Morgan fingerprint density at radius 1 is 0.925 bits per heavy atom. The number of benzene rings is 3. The van der Waals surface area contributed by atoms with Crippen molar-refractivity contribution in [3.63, 3.8) is 0 Å². The van der Waals surface area contributed by atoms with Crippen molar-refractivity contribution in [3.05, 3.63) is 130 Å². The average molecular weight is 572 g/mol. The number of rotatable bonds is 8. The van der Waals surface area contributed by atoms with Crippen LogP contribution < -0.4 is 15.8 Å². The Labute approximate surface area is 240 Å². The van der Waals surface area contributed by atoms with Gasteiger partial charge in [0, 0.05) is 23.6 Å². The van der Waals surface area contributed by atoms with E-state index in [1.807, 2.05) is 36.4 Å². The third-order valence-corrected chi connectivity index (χ3v) is 7.04. The van der Waals surface area contributed by atoms with Gasteiger partial charge in [-0.3, -0.25) is 9.59 Å². The monoisotopic (exact) mass is 571 g/mol. The minimum atomic E-state index is -0.858. The highest BCUT2D eigenvalue weighted by molar-refractivity contribution is 6.42. The van der Waals surface area contributed by atoms with E-state index in [0.717, 1.165) is 11.1 Å². The molecule has 200 valence electrons. The maximum absolute atomic E-state index is 13.0. The average Bonchev–Trinajstić information content (AvgIpc) is 3.40. The van der Waals surface area contributed by atoms with Crippen LogP contribution >= 0.6 is 23.2 Å². The highest BCUT2D eigenvalue weighted by Gasteiger charge is 2.20. The second kappa shape index (κ2) is 11.6. The van der Waals surface area contributed by atoms with E-state index in [-0.39, 0.29) is 6.42 Å². The molecule has 0 saturated heterocycles. The van der Waals surface area contributed by atoms with E-state index >= 15 is 0 Å². The third-order valence-electron chi connectivity index (χ3n) is 6.30. The SMILES string of the molecule is NC(=O)[C@H](Cc1ccccc1)NC(=O)c1ccc(-c2cc(-c3ccc[n+]([O-])c3)nn2-c2ccc(Cl)c(Cl)c2)cc1. The van der Waals surface area contributed by atoms with Crippen molar-refractivity contribution in [2.45, 2.75) is 12.5 Å². The molecule has 3 aromatic carbocycles. The second-order valence-corrected chi connectivity index (χ2v) is 9.89. The third kappa shape index (κ3) is 5.98. The predicted octanol–water partition coefficient (Wildman–Crippen LogP) is 4.97. The molecule has 5 aromatic rings. The number of pyridine rings is 1. The van der Waals surface area contributed by atoms with Gasteiger partial charge in [-0.1, -0.05) is 65.7 Å². The highest BCUT2D eigenvalue weighted by atomic mass is 35.5. The molecule has 1 atom stereocenters. The summed E-state index contributed by atoms with van der Waals surface area (Å²) in [7, 11) is 0. The molecule has 3 N–H and O–H groups in total. The van der Waals surface area contributed by atoms with E-state index in [4.69, 9.17) is 34.0 Å². The first-order chi connectivity index (χ1) is 19.3. The van der Waals surface area contributed by atoms with E-state index in [9.17, 15) is 14.8 Å². The van der Waals surface area contributed by atoms with Gasteiger partial charge in [0.25, 0.3) is 5.91 Å². The number of carbonyl (C=O) groups excluding carboxylic acids is 2. The van der Waals surface area contributed by atoms with Crippen LogP contribution in [0, 0.1) is 5.21 Å². The minimum absolute atomic E-state index is 0.286. The Kier molecular flexibility index (Phi) is 7.82. The van der Waals surface area contributed by atoms with Gasteiger partial charge in [-0.25, -0.2) is 4.68 Å². The summed E-state index contributed by atoms with van der Waals surface area (Å²) < 4.78 is 2.40. The van der Waals surface area contributed by atoms with Crippen LogP contribution in [0.25, 0.3) is 28.2 Å². The molecule has 0 fully saturated rings. The molecule has 0 aliphatic carbocycles. The molecule has 2 amide bonds. The quantitative estimate of drug-likeness (QED) is 0.202.